The highest BCUT2D eigenvalue weighted by Crippen LogP contribution is 2.44. The zero-order chi connectivity index (χ0) is 24.2. The number of hydrogen-bond donors (Lipinski definition) is 1. The van der Waals surface area contributed by atoms with Crippen molar-refractivity contribution in [1.29, 1.82) is 0 Å². The SMILES string of the molecule is O=C(O)C(Cc1ccccc1)N(C(=O)OCC1c2ccccc2-c2ccccc21)c1ccccc1. The van der Waals surface area contributed by atoms with E-state index in [1.807, 2.05) is 60.7 Å². The predicted molar refractivity (Wildman–Crippen MR) is 136 cm³/mol. The van der Waals surface area contributed by atoms with Gasteiger partial charge >= 0.3 is 12.1 Å². The molecule has 4 aromatic rings. The van der Waals surface area contributed by atoms with Crippen LogP contribution in [0.2, 0.25) is 0 Å². The van der Waals surface area contributed by atoms with Crippen molar-refractivity contribution in [3.05, 3.63) is 126 Å². The molecule has 1 aliphatic rings. The molecule has 0 saturated carbocycles. The summed E-state index contributed by atoms with van der Waals surface area (Å²) in [7, 11) is 0. The minimum Gasteiger partial charge on any atom is -0.480 e. The van der Waals surface area contributed by atoms with Gasteiger partial charge in [0.15, 0.2) is 0 Å². The van der Waals surface area contributed by atoms with Crippen molar-refractivity contribution in [3.8, 4) is 11.1 Å². The number of anilines is 1. The molecule has 5 rings (SSSR count). The molecule has 1 unspecified atom stereocenters. The quantitative estimate of drug-likeness (QED) is 0.358. The lowest BCUT2D eigenvalue weighted by Crippen LogP contribution is -2.47. The maximum Gasteiger partial charge on any atom is 0.415 e. The van der Waals surface area contributed by atoms with Crippen molar-refractivity contribution < 1.29 is 19.4 Å². The number of ether oxygens (including phenoxy) is 1. The second-order valence-electron chi connectivity index (χ2n) is 8.55. The number of carbonyl (C=O) groups is 2. The number of carboxylic acids is 1. The fraction of sp³-hybridized carbons (Fsp3) is 0.133. The Kier molecular flexibility index (Phi) is 6.31. The normalized spacial score (nSPS) is 12.9. The summed E-state index contributed by atoms with van der Waals surface area (Å²) in [6.45, 7) is 0.119. The molecule has 174 valence electrons. The van der Waals surface area contributed by atoms with Crippen LogP contribution in [0, 0.1) is 0 Å². The minimum atomic E-state index is -1.12. The molecule has 1 N–H and O–H groups in total. The molecule has 0 bridgehead atoms. The van der Waals surface area contributed by atoms with E-state index in [1.165, 1.54) is 4.90 Å². The van der Waals surface area contributed by atoms with Gasteiger partial charge in [0.25, 0.3) is 0 Å². The molecule has 0 spiro atoms. The van der Waals surface area contributed by atoms with Gasteiger partial charge in [-0.1, -0.05) is 97.1 Å². The Hall–Kier alpha value is -4.38. The molecule has 0 heterocycles. The highest BCUT2D eigenvalue weighted by atomic mass is 16.6. The third kappa shape index (κ3) is 4.53. The lowest BCUT2D eigenvalue weighted by Gasteiger charge is -2.29. The lowest BCUT2D eigenvalue weighted by molar-refractivity contribution is -0.138. The number of benzene rings is 4. The first kappa shape index (κ1) is 22.4. The largest absolute Gasteiger partial charge is 0.480 e. The molecule has 5 nitrogen and oxygen atoms in total. The molecule has 1 amide bonds. The molecule has 0 radical (unpaired) electrons. The average molecular weight is 464 g/mol. The van der Waals surface area contributed by atoms with Crippen LogP contribution in [-0.4, -0.2) is 29.8 Å². The van der Waals surface area contributed by atoms with Crippen LogP contribution in [0.15, 0.2) is 109 Å². The number of carbonyl (C=O) groups excluding carboxylic acids is 1. The van der Waals surface area contributed by atoms with Gasteiger partial charge in [-0.25, -0.2) is 9.59 Å². The van der Waals surface area contributed by atoms with Crippen molar-refractivity contribution >= 4 is 17.7 Å². The number of amides is 1. The van der Waals surface area contributed by atoms with Crippen LogP contribution in [0.5, 0.6) is 0 Å². The second kappa shape index (κ2) is 9.85. The molecule has 0 saturated heterocycles. The van der Waals surface area contributed by atoms with Crippen molar-refractivity contribution in [1.82, 2.24) is 0 Å². The number of nitrogens with zero attached hydrogens (tertiary/aromatic N) is 1. The minimum absolute atomic E-state index is 0.110. The van der Waals surface area contributed by atoms with Crippen LogP contribution in [0.25, 0.3) is 11.1 Å². The van der Waals surface area contributed by atoms with Gasteiger partial charge < -0.3 is 9.84 Å². The number of para-hydroxylation sites is 1. The van der Waals surface area contributed by atoms with Crippen LogP contribution in [0.1, 0.15) is 22.6 Å². The van der Waals surface area contributed by atoms with Gasteiger partial charge in [0.2, 0.25) is 0 Å². The first-order valence-corrected chi connectivity index (χ1v) is 11.6. The summed E-state index contributed by atoms with van der Waals surface area (Å²) in [4.78, 5) is 27.1. The Balaban J connectivity index is 1.43. The van der Waals surface area contributed by atoms with E-state index in [1.54, 1.807) is 24.3 Å². The molecule has 0 aromatic heterocycles. The Morgan fingerprint density at radius 3 is 1.83 bits per heavy atom. The average Bonchev–Trinajstić information content (AvgIpc) is 3.22. The van der Waals surface area contributed by atoms with E-state index in [9.17, 15) is 14.7 Å². The fourth-order valence-corrected chi connectivity index (χ4v) is 4.79. The summed E-state index contributed by atoms with van der Waals surface area (Å²) in [6.07, 6.45) is -0.517. The lowest BCUT2D eigenvalue weighted by atomic mass is 9.98. The summed E-state index contributed by atoms with van der Waals surface area (Å²) >= 11 is 0. The molecule has 0 fully saturated rings. The van der Waals surface area contributed by atoms with Gasteiger partial charge in [0, 0.05) is 18.0 Å². The van der Waals surface area contributed by atoms with E-state index < -0.39 is 18.1 Å². The zero-order valence-corrected chi connectivity index (χ0v) is 19.1. The topological polar surface area (TPSA) is 66.8 Å². The van der Waals surface area contributed by atoms with Crippen LogP contribution in [0.4, 0.5) is 10.5 Å². The first-order valence-electron chi connectivity index (χ1n) is 11.6. The number of rotatable bonds is 7. The number of hydrogen-bond acceptors (Lipinski definition) is 3. The van der Waals surface area contributed by atoms with Gasteiger partial charge in [-0.15, -0.1) is 0 Å². The fourth-order valence-electron chi connectivity index (χ4n) is 4.79. The van der Waals surface area contributed by atoms with E-state index in [2.05, 4.69) is 24.3 Å². The Bertz CT molecular complexity index is 1290. The van der Waals surface area contributed by atoms with Crippen LogP contribution in [-0.2, 0) is 16.0 Å². The second-order valence-corrected chi connectivity index (χ2v) is 8.55. The third-order valence-corrected chi connectivity index (χ3v) is 6.44. The third-order valence-electron chi connectivity index (χ3n) is 6.44. The van der Waals surface area contributed by atoms with Crippen molar-refractivity contribution in [3.63, 3.8) is 0 Å². The highest BCUT2D eigenvalue weighted by Gasteiger charge is 2.34. The molecule has 1 atom stereocenters. The Labute approximate surface area is 204 Å². The molecule has 0 aliphatic heterocycles. The molecule has 4 aromatic carbocycles. The Morgan fingerprint density at radius 2 is 1.26 bits per heavy atom. The van der Waals surface area contributed by atoms with Gasteiger partial charge in [0.1, 0.15) is 12.6 Å². The number of fused-ring (bicyclic) bond motifs is 3. The van der Waals surface area contributed by atoms with E-state index in [-0.39, 0.29) is 18.9 Å². The van der Waals surface area contributed by atoms with E-state index in [0.717, 1.165) is 27.8 Å². The monoisotopic (exact) mass is 463 g/mol. The highest BCUT2D eigenvalue weighted by molar-refractivity contribution is 5.95. The predicted octanol–water partition coefficient (Wildman–Crippen LogP) is 6.14. The molecule has 35 heavy (non-hydrogen) atoms. The van der Waals surface area contributed by atoms with E-state index in [0.29, 0.717) is 5.69 Å². The molecular weight excluding hydrogens is 438 g/mol. The maximum absolute atomic E-state index is 13.5. The summed E-state index contributed by atoms with van der Waals surface area (Å²) < 4.78 is 5.85. The summed E-state index contributed by atoms with van der Waals surface area (Å²) in [5.74, 6) is -1.20. The van der Waals surface area contributed by atoms with Crippen molar-refractivity contribution in [2.45, 2.75) is 18.4 Å². The molecule has 1 aliphatic carbocycles. The van der Waals surface area contributed by atoms with E-state index in [4.69, 9.17) is 4.74 Å². The van der Waals surface area contributed by atoms with Gasteiger partial charge in [-0.05, 0) is 39.9 Å². The standard InChI is InChI=1S/C30H25NO4/c32-29(33)28(19-21-11-3-1-4-12-21)31(22-13-5-2-6-14-22)30(34)35-20-27-25-17-9-7-15-23(25)24-16-8-10-18-26(24)27/h1-18,27-28H,19-20H2,(H,32,33). The van der Waals surface area contributed by atoms with Crippen LogP contribution >= 0.6 is 0 Å². The smallest absolute Gasteiger partial charge is 0.415 e. The van der Waals surface area contributed by atoms with Gasteiger partial charge in [-0.2, -0.15) is 0 Å². The summed E-state index contributed by atoms with van der Waals surface area (Å²) in [5.41, 5.74) is 5.78. The first-order chi connectivity index (χ1) is 17.1. The van der Waals surface area contributed by atoms with Gasteiger partial charge in [-0.3, -0.25) is 4.90 Å². The molecule has 5 heteroatoms. The maximum atomic E-state index is 13.5. The molecular formula is C30H25NO4. The number of aliphatic carboxylic acids is 1. The summed E-state index contributed by atoms with van der Waals surface area (Å²) in [5, 5.41) is 10.1. The van der Waals surface area contributed by atoms with Crippen LogP contribution < -0.4 is 4.90 Å². The Morgan fingerprint density at radius 1 is 0.743 bits per heavy atom. The van der Waals surface area contributed by atoms with Gasteiger partial charge in [0.05, 0.1) is 0 Å². The van der Waals surface area contributed by atoms with Crippen molar-refractivity contribution in [2.24, 2.45) is 0 Å². The zero-order valence-electron chi connectivity index (χ0n) is 19.1. The number of carboxylic acid groups (broad SMARTS) is 1. The van der Waals surface area contributed by atoms with Crippen LogP contribution in [0.3, 0.4) is 0 Å². The summed E-state index contributed by atoms with van der Waals surface area (Å²) in [6, 6.07) is 33.2. The van der Waals surface area contributed by atoms with Crippen molar-refractivity contribution in [2.75, 3.05) is 11.5 Å². The van der Waals surface area contributed by atoms with E-state index >= 15 is 0 Å².